The third kappa shape index (κ3) is 1.39. The third-order valence-electron chi connectivity index (χ3n) is 2.29. The van der Waals surface area contributed by atoms with Gasteiger partial charge in [-0.2, -0.15) is 0 Å². The first-order valence-electron chi connectivity index (χ1n) is 4.55. The highest BCUT2D eigenvalue weighted by molar-refractivity contribution is 6.24. The summed E-state index contributed by atoms with van der Waals surface area (Å²) >= 11 is 0. The molecular formula is C11H15NO2. The van der Waals surface area contributed by atoms with E-state index in [2.05, 4.69) is 0 Å². The molecule has 1 aliphatic rings. The predicted octanol–water partition coefficient (Wildman–Crippen LogP) is 1.66. The Morgan fingerprint density at radius 3 is 1.36 bits per heavy atom. The summed E-state index contributed by atoms with van der Waals surface area (Å²) in [5, 5.41) is 0. The van der Waals surface area contributed by atoms with E-state index >= 15 is 0 Å². The van der Waals surface area contributed by atoms with Gasteiger partial charge in [-0.3, -0.25) is 14.5 Å². The fourth-order valence-electron chi connectivity index (χ4n) is 1.57. The van der Waals surface area contributed by atoms with E-state index in [0.717, 1.165) is 11.1 Å². The fraction of sp³-hybridized carbons (Fsp3) is 0.455. The minimum absolute atomic E-state index is 0.189. The number of amides is 2. The van der Waals surface area contributed by atoms with Crippen LogP contribution in [0.4, 0.5) is 0 Å². The second-order valence-corrected chi connectivity index (χ2v) is 3.92. The monoisotopic (exact) mass is 193 g/mol. The largest absolute Gasteiger partial charge is 0.277 e. The number of carbonyl (C=O) groups excluding carboxylic acids is 2. The quantitative estimate of drug-likeness (QED) is 0.433. The zero-order valence-electron chi connectivity index (χ0n) is 9.26. The molecule has 1 saturated heterocycles. The molecule has 0 aromatic heterocycles. The van der Waals surface area contributed by atoms with Gasteiger partial charge in [-0.15, -0.1) is 0 Å². The zero-order chi connectivity index (χ0) is 11.0. The Morgan fingerprint density at radius 1 is 0.857 bits per heavy atom. The minimum Gasteiger partial charge on any atom is -0.277 e. The summed E-state index contributed by atoms with van der Waals surface area (Å²) in [5.41, 5.74) is 2.92. The molecule has 1 heterocycles. The average Bonchev–Trinajstić information content (AvgIpc) is 2.29. The van der Waals surface area contributed by atoms with Crippen molar-refractivity contribution in [2.24, 2.45) is 0 Å². The Balaban J connectivity index is 3.46. The number of rotatable bonds is 0. The van der Waals surface area contributed by atoms with Gasteiger partial charge in [0, 0.05) is 7.05 Å². The molecule has 2 amide bonds. The lowest BCUT2D eigenvalue weighted by molar-refractivity contribution is -0.134. The van der Waals surface area contributed by atoms with E-state index in [0.29, 0.717) is 11.1 Å². The Kier molecular flexibility index (Phi) is 2.60. The normalized spacial score (nSPS) is 16.8. The first-order valence-corrected chi connectivity index (χ1v) is 4.55. The lowest BCUT2D eigenvalue weighted by Crippen LogP contribution is -2.24. The summed E-state index contributed by atoms with van der Waals surface area (Å²) in [4.78, 5) is 24.5. The van der Waals surface area contributed by atoms with Gasteiger partial charge in [0.15, 0.2) is 0 Å². The van der Waals surface area contributed by atoms with Gasteiger partial charge in [0.25, 0.3) is 11.8 Å². The van der Waals surface area contributed by atoms with Crippen molar-refractivity contribution in [3.8, 4) is 0 Å². The topological polar surface area (TPSA) is 37.4 Å². The van der Waals surface area contributed by atoms with Crippen molar-refractivity contribution in [3.05, 3.63) is 22.3 Å². The van der Waals surface area contributed by atoms with Crippen molar-refractivity contribution in [2.45, 2.75) is 27.7 Å². The average molecular weight is 193 g/mol. The number of likely N-dealkylation sites (N-methyl/N-ethyl adjacent to an activating group) is 1. The molecule has 3 heteroatoms. The second-order valence-electron chi connectivity index (χ2n) is 3.92. The van der Waals surface area contributed by atoms with E-state index in [1.54, 1.807) is 0 Å². The molecule has 0 unspecified atom stereocenters. The highest BCUT2D eigenvalue weighted by Gasteiger charge is 2.37. The summed E-state index contributed by atoms with van der Waals surface area (Å²) in [5.74, 6) is -0.377. The predicted molar refractivity (Wildman–Crippen MR) is 54.5 cm³/mol. The maximum absolute atomic E-state index is 11.7. The van der Waals surface area contributed by atoms with E-state index in [-0.39, 0.29) is 11.8 Å². The zero-order valence-corrected chi connectivity index (χ0v) is 9.26. The van der Waals surface area contributed by atoms with E-state index < -0.39 is 0 Å². The van der Waals surface area contributed by atoms with Crippen LogP contribution in [0.5, 0.6) is 0 Å². The highest BCUT2D eigenvalue weighted by Crippen LogP contribution is 2.28. The summed E-state index contributed by atoms with van der Waals surface area (Å²) in [7, 11) is 1.52. The first kappa shape index (κ1) is 10.7. The second kappa shape index (κ2) is 3.40. The fourth-order valence-corrected chi connectivity index (χ4v) is 1.57. The highest BCUT2D eigenvalue weighted by atomic mass is 16.2. The molecule has 0 bridgehead atoms. The van der Waals surface area contributed by atoms with Gasteiger partial charge in [-0.25, -0.2) is 0 Å². The van der Waals surface area contributed by atoms with Crippen LogP contribution in [-0.2, 0) is 9.59 Å². The molecule has 1 fully saturated rings. The van der Waals surface area contributed by atoms with Crippen LogP contribution in [0.15, 0.2) is 22.3 Å². The number of likely N-dealkylation sites (tertiary alicyclic amines) is 1. The van der Waals surface area contributed by atoms with Crippen molar-refractivity contribution < 1.29 is 9.59 Å². The Morgan fingerprint density at radius 2 is 1.14 bits per heavy atom. The molecule has 3 nitrogen and oxygen atoms in total. The number of hydrogen-bond donors (Lipinski definition) is 0. The summed E-state index contributed by atoms with van der Waals surface area (Å²) in [6.07, 6.45) is 0. The summed E-state index contributed by atoms with van der Waals surface area (Å²) in [6, 6.07) is 0. The number of nitrogens with zero attached hydrogens (tertiary/aromatic N) is 1. The third-order valence-corrected chi connectivity index (χ3v) is 2.29. The van der Waals surface area contributed by atoms with Crippen LogP contribution >= 0.6 is 0 Å². The first-order chi connectivity index (χ1) is 6.37. The van der Waals surface area contributed by atoms with Gasteiger partial charge >= 0.3 is 0 Å². The van der Waals surface area contributed by atoms with Crippen molar-refractivity contribution >= 4 is 11.8 Å². The molecular weight excluding hydrogens is 178 g/mol. The molecule has 0 N–H and O–H groups in total. The van der Waals surface area contributed by atoms with E-state index in [1.807, 2.05) is 27.7 Å². The molecule has 0 aliphatic carbocycles. The molecule has 0 radical (unpaired) electrons. The Labute approximate surface area is 84.1 Å². The molecule has 0 aromatic carbocycles. The molecule has 0 spiro atoms. The van der Waals surface area contributed by atoms with Crippen molar-refractivity contribution in [1.82, 2.24) is 4.90 Å². The van der Waals surface area contributed by atoms with E-state index in [1.165, 1.54) is 11.9 Å². The minimum atomic E-state index is -0.189. The molecule has 0 atom stereocenters. The van der Waals surface area contributed by atoms with Gasteiger partial charge in [0.1, 0.15) is 0 Å². The van der Waals surface area contributed by atoms with Crippen LogP contribution in [0, 0.1) is 0 Å². The van der Waals surface area contributed by atoms with Crippen LogP contribution in [0.1, 0.15) is 27.7 Å². The lowest BCUT2D eigenvalue weighted by atomic mass is 10.0. The van der Waals surface area contributed by atoms with E-state index in [9.17, 15) is 9.59 Å². The SMILES string of the molecule is CC(C)=C1C(=O)N(C)C(=O)C1=C(C)C. The molecule has 0 saturated carbocycles. The van der Waals surface area contributed by atoms with Crippen molar-refractivity contribution in [2.75, 3.05) is 7.05 Å². The van der Waals surface area contributed by atoms with Gasteiger partial charge in [-0.05, 0) is 27.7 Å². The smallest absolute Gasteiger partial charge is 0.261 e. The summed E-state index contributed by atoms with van der Waals surface area (Å²) < 4.78 is 0. The van der Waals surface area contributed by atoms with Crippen LogP contribution < -0.4 is 0 Å². The lowest BCUT2D eigenvalue weighted by Gasteiger charge is -2.02. The Bertz CT molecular complexity index is 331. The van der Waals surface area contributed by atoms with Gasteiger partial charge < -0.3 is 0 Å². The Hall–Kier alpha value is -1.38. The molecule has 14 heavy (non-hydrogen) atoms. The van der Waals surface area contributed by atoms with Gasteiger partial charge in [-0.1, -0.05) is 11.1 Å². The molecule has 1 rings (SSSR count). The molecule has 0 aromatic rings. The standard InChI is InChI=1S/C11H15NO2/c1-6(2)8-9(7(3)4)11(14)12(5)10(8)13/h1-5H3. The van der Waals surface area contributed by atoms with Crippen LogP contribution in [0.25, 0.3) is 0 Å². The van der Waals surface area contributed by atoms with Crippen molar-refractivity contribution in [1.29, 1.82) is 0 Å². The number of hydrogen-bond acceptors (Lipinski definition) is 2. The van der Waals surface area contributed by atoms with Crippen LogP contribution in [0.3, 0.4) is 0 Å². The molecule has 76 valence electrons. The maximum atomic E-state index is 11.7. The molecule has 1 aliphatic heterocycles. The van der Waals surface area contributed by atoms with Gasteiger partial charge in [0.05, 0.1) is 11.1 Å². The van der Waals surface area contributed by atoms with Gasteiger partial charge in [0.2, 0.25) is 0 Å². The number of imide groups is 1. The van der Waals surface area contributed by atoms with E-state index in [4.69, 9.17) is 0 Å². The van der Waals surface area contributed by atoms with Crippen molar-refractivity contribution in [3.63, 3.8) is 0 Å². The van der Waals surface area contributed by atoms with Crippen LogP contribution in [0.2, 0.25) is 0 Å². The number of carbonyl (C=O) groups is 2. The number of allylic oxidation sites excluding steroid dienone is 2. The maximum Gasteiger partial charge on any atom is 0.261 e. The summed E-state index contributed by atoms with van der Waals surface area (Å²) in [6.45, 7) is 7.40. The van der Waals surface area contributed by atoms with Crippen LogP contribution in [-0.4, -0.2) is 23.8 Å².